The molecule has 1 N–H and O–H groups in total. The lowest BCUT2D eigenvalue weighted by Crippen LogP contribution is -2.40. The molecule has 3 aliphatic rings. The molecular formula is C31H32N6OS. The second kappa shape index (κ2) is 9.29. The van der Waals surface area contributed by atoms with Crippen LogP contribution in [0.5, 0.6) is 0 Å². The van der Waals surface area contributed by atoms with Gasteiger partial charge in [0.05, 0.1) is 34.6 Å². The largest absolute Gasteiger partial charge is 0.366 e. The lowest BCUT2D eigenvalue weighted by atomic mass is 9.90. The Morgan fingerprint density at radius 3 is 2.82 bits per heavy atom. The lowest BCUT2D eigenvalue weighted by Gasteiger charge is -2.38. The maximum Gasteiger partial charge on any atom is 0.267 e. The van der Waals surface area contributed by atoms with Crippen molar-refractivity contribution < 1.29 is 0 Å². The van der Waals surface area contributed by atoms with Crippen molar-refractivity contribution in [1.29, 1.82) is 5.26 Å². The Balaban J connectivity index is 1.31. The van der Waals surface area contributed by atoms with Crippen LogP contribution in [0.2, 0.25) is 0 Å². The third-order valence-electron chi connectivity index (χ3n) is 8.45. The first kappa shape index (κ1) is 24.5. The number of thiophene rings is 1. The third-order valence-corrected chi connectivity index (χ3v) is 9.59. The lowest BCUT2D eigenvalue weighted by molar-refractivity contribution is 0.450. The molecule has 4 aromatic rings. The van der Waals surface area contributed by atoms with Gasteiger partial charge in [-0.2, -0.15) is 10.4 Å². The molecule has 1 atom stereocenters. The Kier molecular flexibility index (Phi) is 5.83. The minimum Gasteiger partial charge on any atom is -0.366 e. The third kappa shape index (κ3) is 4.54. The fraction of sp³-hybridized carbons (Fsp3) is 0.419. The fourth-order valence-corrected chi connectivity index (χ4v) is 7.51. The van der Waals surface area contributed by atoms with Gasteiger partial charge in [-0.3, -0.25) is 9.78 Å². The van der Waals surface area contributed by atoms with Crippen molar-refractivity contribution in [3.05, 3.63) is 74.6 Å². The summed E-state index contributed by atoms with van der Waals surface area (Å²) in [6, 6.07) is 12.9. The molecule has 0 amide bonds. The Morgan fingerprint density at radius 2 is 2.08 bits per heavy atom. The first-order valence-corrected chi connectivity index (χ1v) is 14.7. The zero-order valence-corrected chi connectivity index (χ0v) is 23.2. The number of hydrogen-bond donors (Lipinski definition) is 1. The summed E-state index contributed by atoms with van der Waals surface area (Å²) in [6.45, 7) is 6.95. The highest BCUT2D eigenvalue weighted by molar-refractivity contribution is 7.19. The molecule has 0 spiro atoms. The normalized spacial score (nSPS) is 20.2. The zero-order valence-electron chi connectivity index (χ0n) is 22.4. The van der Waals surface area contributed by atoms with Gasteiger partial charge in [-0.05, 0) is 87.3 Å². The number of aryl methyl sites for hydroxylation is 1. The number of pyridine rings is 1. The van der Waals surface area contributed by atoms with Gasteiger partial charge in [-0.1, -0.05) is 0 Å². The summed E-state index contributed by atoms with van der Waals surface area (Å²) in [4.78, 5) is 21.1. The van der Waals surface area contributed by atoms with Gasteiger partial charge in [0.25, 0.3) is 5.56 Å². The van der Waals surface area contributed by atoms with E-state index in [-0.39, 0.29) is 11.1 Å². The molecule has 5 heterocycles. The second-order valence-electron chi connectivity index (χ2n) is 11.9. The number of hydrogen-bond acceptors (Lipinski definition) is 7. The molecule has 1 aromatic carbocycles. The molecule has 2 aliphatic heterocycles. The van der Waals surface area contributed by atoms with Gasteiger partial charge in [0.1, 0.15) is 0 Å². The Bertz CT molecular complexity index is 1690. The zero-order chi connectivity index (χ0) is 26.7. The molecular weight excluding hydrogens is 504 g/mol. The molecule has 39 heavy (non-hydrogen) atoms. The highest BCUT2D eigenvalue weighted by Crippen LogP contribution is 2.44. The summed E-state index contributed by atoms with van der Waals surface area (Å²) < 4.78 is 2.63. The van der Waals surface area contributed by atoms with Crippen LogP contribution in [0, 0.1) is 11.3 Å². The van der Waals surface area contributed by atoms with Crippen LogP contribution in [0.25, 0.3) is 21.3 Å². The number of nitrogens with zero attached hydrogens (tertiary/aromatic N) is 5. The van der Waals surface area contributed by atoms with E-state index in [0.717, 1.165) is 77.0 Å². The quantitative estimate of drug-likeness (QED) is 0.377. The maximum atomic E-state index is 12.8. The van der Waals surface area contributed by atoms with Gasteiger partial charge < -0.3 is 10.2 Å². The molecule has 0 radical (unpaired) electrons. The average molecular weight is 537 g/mol. The highest BCUT2D eigenvalue weighted by atomic mass is 32.1. The van der Waals surface area contributed by atoms with Gasteiger partial charge in [-0.15, -0.1) is 11.3 Å². The molecule has 1 saturated carbocycles. The summed E-state index contributed by atoms with van der Waals surface area (Å²) in [5.41, 5.74) is 7.47. The van der Waals surface area contributed by atoms with E-state index in [4.69, 9.17) is 0 Å². The summed E-state index contributed by atoms with van der Waals surface area (Å²) in [5.74, 6) is 0.511. The van der Waals surface area contributed by atoms with E-state index in [1.807, 2.05) is 12.4 Å². The van der Waals surface area contributed by atoms with Crippen molar-refractivity contribution in [3.63, 3.8) is 0 Å². The Morgan fingerprint density at radius 1 is 1.21 bits per heavy atom. The Labute approximate surface area is 232 Å². The minimum atomic E-state index is -0.0513. The van der Waals surface area contributed by atoms with Gasteiger partial charge in [0.2, 0.25) is 0 Å². The molecule has 1 saturated heterocycles. The molecule has 0 bridgehead atoms. The van der Waals surface area contributed by atoms with Crippen LogP contribution in [0.15, 0.2) is 47.5 Å². The van der Waals surface area contributed by atoms with E-state index < -0.39 is 0 Å². The number of benzene rings is 1. The minimum absolute atomic E-state index is 0.0513. The molecule has 1 aliphatic carbocycles. The first-order valence-electron chi connectivity index (χ1n) is 13.9. The van der Waals surface area contributed by atoms with Crippen molar-refractivity contribution >= 4 is 27.2 Å². The van der Waals surface area contributed by atoms with Gasteiger partial charge in [0.15, 0.2) is 0 Å². The number of aromatic nitrogens is 3. The summed E-state index contributed by atoms with van der Waals surface area (Å²) >= 11 is 1.67. The van der Waals surface area contributed by atoms with Crippen molar-refractivity contribution in [2.45, 2.75) is 70.0 Å². The smallest absolute Gasteiger partial charge is 0.267 e. The summed E-state index contributed by atoms with van der Waals surface area (Å²) in [7, 11) is 0. The van der Waals surface area contributed by atoms with E-state index in [1.54, 1.807) is 22.1 Å². The molecule has 8 heteroatoms. The van der Waals surface area contributed by atoms with Gasteiger partial charge in [-0.25, -0.2) is 4.68 Å². The Hall–Kier alpha value is -3.54. The van der Waals surface area contributed by atoms with E-state index in [0.29, 0.717) is 24.1 Å². The van der Waals surface area contributed by atoms with Crippen LogP contribution in [-0.2, 0) is 13.0 Å². The molecule has 198 valence electrons. The molecule has 3 aromatic heterocycles. The van der Waals surface area contributed by atoms with Gasteiger partial charge >= 0.3 is 0 Å². The number of rotatable bonds is 5. The molecule has 7 rings (SSSR count). The molecule has 7 nitrogen and oxygen atoms in total. The van der Waals surface area contributed by atoms with Gasteiger partial charge in [0, 0.05) is 58.6 Å². The fourth-order valence-electron chi connectivity index (χ4n) is 6.39. The second-order valence-corrected chi connectivity index (χ2v) is 13.0. The first-order chi connectivity index (χ1) is 18.9. The number of nitriles is 1. The average Bonchev–Trinajstić information content (AvgIpc) is 3.60. The van der Waals surface area contributed by atoms with Crippen LogP contribution >= 0.6 is 11.3 Å². The monoisotopic (exact) mass is 536 g/mol. The van der Waals surface area contributed by atoms with Crippen molar-refractivity contribution in [3.8, 4) is 17.2 Å². The summed E-state index contributed by atoms with van der Waals surface area (Å²) in [6.07, 6.45) is 9.17. The van der Waals surface area contributed by atoms with Crippen molar-refractivity contribution in [2.24, 2.45) is 0 Å². The van der Waals surface area contributed by atoms with Crippen molar-refractivity contribution in [1.82, 2.24) is 20.1 Å². The van der Waals surface area contributed by atoms with Crippen LogP contribution < -0.4 is 15.8 Å². The van der Waals surface area contributed by atoms with Crippen LogP contribution in [0.1, 0.15) is 67.0 Å². The maximum absolute atomic E-state index is 12.8. The highest BCUT2D eigenvalue weighted by Gasteiger charge is 2.37. The van der Waals surface area contributed by atoms with Crippen molar-refractivity contribution in [2.75, 3.05) is 18.0 Å². The predicted octanol–water partition coefficient (Wildman–Crippen LogP) is 5.21. The van der Waals surface area contributed by atoms with Crippen LogP contribution in [-0.4, -0.2) is 39.4 Å². The molecule has 0 unspecified atom stereocenters. The number of anilines is 1. The summed E-state index contributed by atoms with van der Waals surface area (Å²) in [5, 5.41) is 18.1. The standard InChI is InChI=1S/C31H32N6OS/c1-31(2)14-23(17-34-31)36-9-3-4-21-10-19(15-32)11-26(29(21)36)25-7-8-33-27-13-24(39-30(25)27)18-37-28(38)12-22(16-35-37)20-5-6-20/h7-8,10-13,16,20,23,34H,3-6,9,14,17-18H2,1-2H3/t23-/m0/s1. The van der Waals surface area contributed by atoms with E-state index >= 15 is 0 Å². The van der Waals surface area contributed by atoms with E-state index in [1.165, 1.54) is 11.3 Å². The number of nitrogens with one attached hydrogen (secondary N) is 1. The van der Waals surface area contributed by atoms with Crippen LogP contribution in [0.3, 0.4) is 0 Å². The topological polar surface area (TPSA) is 86.8 Å². The van der Waals surface area contributed by atoms with E-state index in [9.17, 15) is 10.1 Å². The van der Waals surface area contributed by atoms with E-state index in [2.05, 4.69) is 64.5 Å². The number of fused-ring (bicyclic) bond motifs is 2. The predicted molar refractivity (Wildman–Crippen MR) is 155 cm³/mol. The SMILES string of the molecule is CC1(C)C[C@H](N2CCCc3cc(C#N)cc(-c4ccnc5cc(Cn6ncc(C7CC7)cc6=O)sc45)c32)CN1. The van der Waals surface area contributed by atoms with Crippen LogP contribution in [0.4, 0.5) is 5.69 Å². The molecule has 2 fully saturated rings.